The average Bonchev–Trinajstić information content (AvgIpc) is 2.34. The van der Waals surface area contributed by atoms with Gasteiger partial charge >= 0.3 is 10.2 Å². The van der Waals surface area contributed by atoms with Crippen LogP contribution in [0.15, 0.2) is 5.38 Å². The lowest BCUT2D eigenvalue weighted by Crippen LogP contribution is -2.28. The molecule has 0 spiro atoms. The molecule has 0 aliphatic heterocycles. The highest BCUT2D eigenvalue weighted by atomic mass is 32.2. The maximum atomic E-state index is 11.3. The van der Waals surface area contributed by atoms with E-state index in [2.05, 4.69) is 9.71 Å². The molecular formula is C6H11N3O2S2. The molecule has 0 radical (unpaired) electrons. The third-order valence-corrected chi connectivity index (χ3v) is 3.73. The zero-order valence-electron chi connectivity index (χ0n) is 7.60. The second kappa shape index (κ2) is 3.60. The van der Waals surface area contributed by atoms with Crippen molar-refractivity contribution in [2.24, 2.45) is 0 Å². The quantitative estimate of drug-likeness (QED) is 0.816. The van der Waals surface area contributed by atoms with Crippen molar-refractivity contribution in [1.29, 1.82) is 0 Å². The SMILES string of the molecule is Cc1csc(NS(=O)(=O)N(C)C)n1. The van der Waals surface area contributed by atoms with Crippen molar-refractivity contribution in [3.63, 3.8) is 0 Å². The van der Waals surface area contributed by atoms with Crippen LogP contribution in [0.5, 0.6) is 0 Å². The van der Waals surface area contributed by atoms with Gasteiger partial charge in [0.2, 0.25) is 0 Å². The lowest BCUT2D eigenvalue weighted by Gasteiger charge is -2.10. The van der Waals surface area contributed by atoms with Crippen LogP contribution in [0.1, 0.15) is 5.69 Å². The van der Waals surface area contributed by atoms with E-state index in [1.54, 1.807) is 5.38 Å². The number of thiazole rings is 1. The lowest BCUT2D eigenvalue weighted by molar-refractivity contribution is 0.527. The summed E-state index contributed by atoms with van der Waals surface area (Å²) in [7, 11) is -0.484. The fourth-order valence-electron chi connectivity index (χ4n) is 0.602. The Morgan fingerprint density at radius 1 is 1.54 bits per heavy atom. The molecule has 0 unspecified atom stereocenters. The van der Waals surface area contributed by atoms with Crippen LogP contribution in [0.4, 0.5) is 5.13 Å². The van der Waals surface area contributed by atoms with E-state index in [1.807, 2.05) is 6.92 Å². The van der Waals surface area contributed by atoms with Crippen molar-refractivity contribution < 1.29 is 8.42 Å². The Morgan fingerprint density at radius 2 is 2.15 bits per heavy atom. The summed E-state index contributed by atoms with van der Waals surface area (Å²) in [6.07, 6.45) is 0. The minimum atomic E-state index is -3.41. The molecule has 1 heterocycles. The number of hydrogen-bond donors (Lipinski definition) is 1. The van der Waals surface area contributed by atoms with Crippen molar-refractivity contribution in [2.45, 2.75) is 6.92 Å². The van der Waals surface area contributed by atoms with Gasteiger partial charge < -0.3 is 0 Å². The van der Waals surface area contributed by atoms with Crippen LogP contribution >= 0.6 is 11.3 Å². The van der Waals surface area contributed by atoms with Gasteiger partial charge in [-0.1, -0.05) is 0 Å². The number of nitrogens with one attached hydrogen (secondary N) is 1. The van der Waals surface area contributed by atoms with Crippen molar-refractivity contribution in [2.75, 3.05) is 18.8 Å². The average molecular weight is 221 g/mol. The molecule has 7 heteroatoms. The number of aromatic nitrogens is 1. The largest absolute Gasteiger partial charge is 0.302 e. The van der Waals surface area contributed by atoms with Crippen LogP contribution < -0.4 is 4.72 Å². The van der Waals surface area contributed by atoms with Crippen molar-refractivity contribution in [3.8, 4) is 0 Å². The van der Waals surface area contributed by atoms with E-state index in [0.29, 0.717) is 5.13 Å². The standard InChI is InChI=1S/C6H11N3O2S2/c1-5-4-12-6(7-5)8-13(10,11)9(2)3/h4H,1-3H3,(H,7,8). The molecule has 0 fully saturated rings. The fraction of sp³-hybridized carbons (Fsp3) is 0.500. The molecule has 0 saturated heterocycles. The molecule has 0 aliphatic rings. The Morgan fingerprint density at radius 3 is 2.54 bits per heavy atom. The molecule has 0 saturated carbocycles. The first kappa shape index (κ1) is 10.4. The van der Waals surface area contributed by atoms with Gasteiger partial charge in [0.15, 0.2) is 5.13 Å². The van der Waals surface area contributed by atoms with E-state index < -0.39 is 10.2 Å². The van der Waals surface area contributed by atoms with Gasteiger partial charge in [0.25, 0.3) is 0 Å². The monoisotopic (exact) mass is 221 g/mol. The van der Waals surface area contributed by atoms with Crippen molar-refractivity contribution >= 4 is 26.7 Å². The van der Waals surface area contributed by atoms with Crippen molar-refractivity contribution in [3.05, 3.63) is 11.1 Å². The molecule has 0 aliphatic carbocycles. The summed E-state index contributed by atoms with van der Waals surface area (Å²) in [6, 6.07) is 0. The molecular weight excluding hydrogens is 210 g/mol. The van der Waals surface area contributed by atoms with Gasteiger partial charge in [0.1, 0.15) is 0 Å². The van der Waals surface area contributed by atoms with Crippen LogP contribution in [0, 0.1) is 6.92 Å². The third-order valence-electron chi connectivity index (χ3n) is 1.32. The zero-order valence-corrected chi connectivity index (χ0v) is 9.24. The Hall–Kier alpha value is -0.660. The summed E-state index contributed by atoms with van der Waals surface area (Å²) >= 11 is 1.27. The van der Waals surface area contributed by atoms with Gasteiger partial charge in [0, 0.05) is 19.5 Å². The number of aryl methyl sites for hydroxylation is 1. The molecule has 74 valence electrons. The molecule has 1 aromatic heterocycles. The van der Waals surface area contributed by atoms with Gasteiger partial charge in [-0.25, -0.2) is 9.71 Å². The van der Waals surface area contributed by atoms with Gasteiger partial charge in [-0.2, -0.15) is 12.7 Å². The van der Waals surface area contributed by atoms with Gasteiger partial charge in [-0.15, -0.1) is 11.3 Å². The van der Waals surface area contributed by atoms with Gasteiger partial charge in [-0.3, -0.25) is 0 Å². The number of rotatable bonds is 3. The molecule has 0 amide bonds. The lowest BCUT2D eigenvalue weighted by atomic mass is 10.6. The molecule has 0 bridgehead atoms. The van der Waals surface area contributed by atoms with Crippen LogP contribution in [-0.4, -0.2) is 31.8 Å². The zero-order chi connectivity index (χ0) is 10.1. The minimum absolute atomic E-state index is 0.395. The first-order chi connectivity index (χ1) is 5.92. The summed E-state index contributed by atoms with van der Waals surface area (Å²) in [5.74, 6) is 0. The maximum Gasteiger partial charge on any atom is 0.302 e. The molecule has 1 aromatic rings. The van der Waals surface area contributed by atoms with Crippen LogP contribution in [-0.2, 0) is 10.2 Å². The van der Waals surface area contributed by atoms with Gasteiger partial charge in [0.05, 0.1) is 5.69 Å². The third kappa shape index (κ3) is 2.64. The normalized spacial score (nSPS) is 12.0. The predicted molar refractivity (Wildman–Crippen MR) is 53.1 cm³/mol. The van der Waals surface area contributed by atoms with E-state index >= 15 is 0 Å². The summed E-state index contributed by atoms with van der Waals surface area (Å²) in [5.41, 5.74) is 0.807. The number of hydrogen-bond acceptors (Lipinski definition) is 4. The maximum absolute atomic E-state index is 11.3. The van der Waals surface area contributed by atoms with E-state index in [-0.39, 0.29) is 0 Å². The molecule has 13 heavy (non-hydrogen) atoms. The Kier molecular flexibility index (Phi) is 2.89. The van der Waals surface area contributed by atoms with Crippen LogP contribution in [0.25, 0.3) is 0 Å². The van der Waals surface area contributed by atoms with Crippen LogP contribution in [0.2, 0.25) is 0 Å². The highest BCUT2D eigenvalue weighted by Crippen LogP contribution is 2.16. The molecule has 0 aromatic carbocycles. The Bertz CT molecular complexity index is 382. The second-order valence-electron chi connectivity index (χ2n) is 2.68. The van der Waals surface area contributed by atoms with E-state index in [9.17, 15) is 8.42 Å². The number of nitrogens with zero attached hydrogens (tertiary/aromatic N) is 2. The molecule has 5 nitrogen and oxygen atoms in total. The highest BCUT2D eigenvalue weighted by molar-refractivity contribution is 7.90. The molecule has 1 rings (SSSR count). The summed E-state index contributed by atoms with van der Waals surface area (Å²) < 4.78 is 26.0. The topological polar surface area (TPSA) is 62.3 Å². The predicted octanol–water partition coefficient (Wildman–Crippen LogP) is 0.670. The Balaban J connectivity index is 2.81. The molecule has 0 atom stereocenters. The summed E-state index contributed by atoms with van der Waals surface area (Å²) in [6.45, 7) is 1.81. The van der Waals surface area contributed by atoms with Crippen molar-refractivity contribution in [1.82, 2.24) is 9.29 Å². The summed E-state index contributed by atoms with van der Waals surface area (Å²) in [5, 5.41) is 2.18. The van der Waals surface area contributed by atoms with Gasteiger partial charge in [-0.05, 0) is 6.92 Å². The minimum Gasteiger partial charge on any atom is -0.246 e. The molecule has 1 N–H and O–H groups in total. The smallest absolute Gasteiger partial charge is 0.246 e. The first-order valence-electron chi connectivity index (χ1n) is 3.54. The number of anilines is 1. The second-order valence-corrected chi connectivity index (χ2v) is 5.43. The van der Waals surface area contributed by atoms with E-state index in [4.69, 9.17) is 0 Å². The highest BCUT2D eigenvalue weighted by Gasteiger charge is 2.14. The van der Waals surface area contributed by atoms with E-state index in [0.717, 1.165) is 10.00 Å². The first-order valence-corrected chi connectivity index (χ1v) is 5.86. The fourth-order valence-corrected chi connectivity index (χ4v) is 2.09. The van der Waals surface area contributed by atoms with Crippen LogP contribution in [0.3, 0.4) is 0 Å². The van der Waals surface area contributed by atoms with E-state index in [1.165, 1.54) is 25.4 Å². The Labute approximate surface area is 81.6 Å². The summed E-state index contributed by atoms with van der Waals surface area (Å²) in [4.78, 5) is 3.98.